The van der Waals surface area contributed by atoms with Gasteiger partial charge >= 0.3 is 6.03 Å². The number of halogens is 2. The monoisotopic (exact) mass is 270 g/mol. The minimum atomic E-state index is -0.650. The Balaban J connectivity index is 2.98. The number of urea groups is 1. The van der Waals surface area contributed by atoms with Crippen molar-refractivity contribution in [1.82, 2.24) is 4.90 Å². The minimum absolute atomic E-state index is 0.00637. The van der Waals surface area contributed by atoms with Gasteiger partial charge in [0.15, 0.2) is 0 Å². The molecule has 0 aliphatic rings. The van der Waals surface area contributed by atoms with E-state index in [0.717, 1.165) is 6.07 Å². The van der Waals surface area contributed by atoms with E-state index in [1.807, 2.05) is 0 Å². The molecule has 6 heteroatoms. The van der Waals surface area contributed by atoms with Gasteiger partial charge < -0.3 is 15.0 Å². The van der Waals surface area contributed by atoms with Crippen LogP contribution in [0.2, 0.25) is 5.02 Å². The highest BCUT2D eigenvalue weighted by Gasteiger charge is 2.13. The maximum absolute atomic E-state index is 13.6. The lowest BCUT2D eigenvalue weighted by Gasteiger charge is -2.14. The molecule has 0 unspecified atom stereocenters. The zero-order chi connectivity index (χ0) is 13.7. The van der Waals surface area contributed by atoms with Gasteiger partial charge in [-0.25, -0.2) is 9.18 Å². The van der Waals surface area contributed by atoms with E-state index in [0.29, 0.717) is 0 Å². The number of hydrogen-bond donors (Lipinski definition) is 1. The molecule has 18 heavy (non-hydrogen) atoms. The largest absolute Gasteiger partial charge is 0.479 e. The standard InChI is InChI=1S/C12H12ClFN2O2/c1-4-5-18-11-7-10(9(14)6-8(11)13)15-12(17)16(2)3/h1,6-7H,5H2,2-3H3,(H,15,17). The lowest BCUT2D eigenvalue weighted by Crippen LogP contribution is -2.27. The summed E-state index contributed by atoms with van der Waals surface area (Å²) in [4.78, 5) is 12.7. The highest BCUT2D eigenvalue weighted by atomic mass is 35.5. The molecule has 0 saturated heterocycles. The summed E-state index contributed by atoms with van der Waals surface area (Å²) in [5.74, 6) is 1.83. The Bertz CT molecular complexity index is 498. The molecule has 1 N–H and O–H groups in total. The fourth-order valence-electron chi connectivity index (χ4n) is 1.08. The van der Waals surface area contributed by atoms with Crippen LogP contribution in [0.15, 0.2) is 12.1 Å². The van der Waals surface area contributed by atoms with E-state index in [4.69, 9.17) is 22.8 Å². The topological polar surface area (TPSA) is 41.6 Å². The number of nitrogens with zero attached hydrogens (tertiary/aromatic N) is 1. The summed E-state index contributed by atoms with van der Waals surface area (Å²) in [5, 5.41) is 2.46. The molecule has 1 rings (SSSR count). The molecule has 0 aliphatic heterocycles. The molecule has 0 fully saturated rings. The predicted molar refractivity (Wildman–Crippen MR) is 68.4 cm³/mol. The highest BCUT2D eigenvalue weighted by Crippen LogP contribution is 2.30. The van der Waals surface area contributed by atoms with E-state index in [1.54, 1.807) is 14.1 Å². The van der Waals surface area contributed by atoms with Crippen LogP contribution in [0.5, 0.6) is 5.75 Å². The van der Waals surface area contributed by atoms with Crippen LogP contribution in [0.4, 0.5) is 14.9 Å². The van der Waals surface area contributed by atoms with Gasteiger partial charge in [0.05, 0.1) is 10.7 Å². The summed E-state index contributed by atoms with van der Waals surface area (Å²) in [7, 11) is 3.08. The summed E-state index contributed by atoms with van der Waals surface area (Å²) in [6, 6.07) is 1.88. The number of anilines is 1. The molecule has 96 valence electrons. The fourth-order valence-corrected chi connectivity index (χ4v) is 1.29. The molecule has 4 nitrogen and oxygen atoms in total. The number of nitrogens with one attached hydrogen (secondary N) is 1. The maximum atomic E-state index is 13.6. The van der Waals surface area contributed by atoms with Crippen LogP contribution >= 0.6 is 11.6 Å². The van der Waals surface area contributed by atoms with E-state index in [2.05, 4.69) is 11.2 Å². The molecule has 0 bridgehead atoms. The number of carbonyl (C=O) groups excluding carboxylic acids is 1. The Labute approximate surface area is 110 Å². The molecular weight excluding hydrogens is 259 g/mol. The lowest BCUT2D eigenvalue weighted by atomic mass is 10.3. The molecule has 2 amide bonds. The smallest absolute Gasteiger partial charge is 0.321 e. The second-order valence-electron chi connectivity index (χ2n) is 3.58. The average molecular weight is 271 g/mol. The molecule has 0 spiro atoms. The fraction of sp³-hybridized carbons (Fsp3) is 0.250. The van der Waals surface area contributed by atoms with Crippen molar-refractivity contribution in [2.24, 2.45) is 0 Å². The summed E-state index contributed by atoms with van der Waals surface area (Å²) in [6.45, 7) is 0.00637. The van der Waals surface area contributed by atoms with Gasteiger partial charge in [-0.3, -0.25) is 0 Å². The van der Waals surface area contributed by atoms with Crippen molar-refractivity contribution in [2.75, 3.05) is 26.0 Å². The first-order valence-corrected chi connectivity index (χ1v) is 5.37. The van der Waals surface area contributed by atoms with Gasteiger partial charge in [-0.1, -0.05) is 17.5 Å². The molecule has 1 aromatic carbocycles. The van der Waals surface area contributed by atoms with E-state index < -0.39 is 11.8 Å². The van der Waals surface area contributed by atoms with Crippen molar-refractivity contribution < 1.29 is 13.9 Å². The zero-order valence-corrected chi connectivity index (χ0v) is 10.7. The van der Waals surface area contributed by atoms with E-state index in [9.17, 15) is 9.18 Å². The Morgan fingerprint density at radius 3 is 2.83 bits per heavy atom. The second-order valence-corrected chi connectivity index (χ2v) is 3.99. The first-order valence-electron chi connectivity index (χ1n) is 4.99. The highest BCUT2D eigenvalue weighted by molar-refractivity contribution is 6.32. The molecule has 0 atom stereocenters. The van der Waals surface area contributed by atoms with E-state index in [-0.39, 0.29) is 23.1 Å². The van der Waals surface area contributed by atoms with E-state index >= 15 is 0 Å². The van der Waals surface area contributed by atoms with Crippen molar-refractivity contribution in [3.05, 3.63) is 23.0 Å². The van der Waals surface area contributed by atoms with Gasteiger partial charge in [-0.05, 0) is 6.07 Å². The summed E-state index contributed by atoms with van der Waals surface area (Å²) in [5.41, 5.74) is -0.0230. The Morgan fingerprint density at radius 2 is 2.28 bits per heavy atom. The van der Waals surface area contributed by atoms with Gasteiger partial charge in [0.25, 0.3) is 0 Å². The molecule has 0 saturated carbocycles. The average Bonchev–Trinajstić information content (AvgIpc) is 2.30. The number of carbonyl (C=O) groups is 1. The van der Waals surface area contributed by atoms with Crippen LogP contribution in [-0.4, -0.2) is 31.6 Å². The first-order chi connectivity index (χ1) is 8.45. The van der Waals surface area contributed by atoms with Crippen molar-refractivity contribution >= 4 is 23.3 Å². The number of hydrogen-bond acceptors (Lipinski definition) is 2. The van der Waals surface area contributed by atoms with Crippen LogP contribution in [-0.2, 0) is 0 Å². The third kappa shape index (κ3) is 3.54. The summed E-state index contributed by atoms with van der Waals surface area (Å²) >= 11 is 5.78. The number of terminal acetylenes is 1. The van der Waals surface area contributed by atoms with E-state index in [1.165, 1.54) is 11.0 Å². The Morgan fingerprint density at radius 1 is 1.61 bits per heavy atom. The molecule has 1 aromatic rings. The quantitative estimate of drug-likeness (QED) is 0.858. The van der Waals surface area contributed by atoms with Crippen molar-refractivity contribution in [3.8, 4) is 18.1 Å². The Hall–Kier alpha value is -1.93. The zero-order valence-electron chi connectivity index (χ0n) is 9.96. The maximum Gasteiger partial charge on any atom is 0.321 e. The number of amides is 2. The summed E-state index contributed by atoms with van der Waals surface area (Å²) < 4.78 is 18.7. The van der Waals surface area contributed by atoms with Crippen LogP contribution in [0.3, 0.4) is 0 Å². The number of ether oxygens (including phenoxy) is 1. The lowest BCUT2D eigenvalue weighted by molar-refractivity contribution is 0.230. The third-order valence-electron chi connectivity index (χ3n) is 1.98. The van der Waals surface area contributed by atoms with Gasteiger partial charge in [0.1, 0.15) is 18.2 Å². The molecule has 0 radical (unpaired) electrons. The van der Waals surface area contributed by atoms with Crippen LogP contribution < -0.4 is 10.1 Å². The van der Waals surface area contributed by atoms with Gasteiger partial charge in [-0.15, -0.1) is 6.42 Å². The predicted octanol–water partition coefficient (Wildman–Crippen LogP) is 2.58. The number of benzene rings is 1. The van der Waals surface area contributed by atoms with Crippen LogP contribution in [0, 0.1) is 18.2 Å². The Kier molecular flexibility index (Phi) is 4.81. The normalized spacial score (nSPS) is 9.50. The van der Waals surface area contributed by atoms with Crippen LogP contribution in [0.25, 0.3) is 0 Å². The SMILES string of the molecule is C#CCOc1cc(NC(=O)N(C)C)c(F)cc1Cl. The first kappa shape index (κ1) is 14.1. The van der Waals surface area contributed by atoms with Crippen LogP contribution in [0.1, 0.15) is 0 Å². The van der Waals surface area contributed by atoms with Crippen molar-refractivity contribution in [1.29, 1.82) is 0 Å². The third-order valence-corrected chi connectivity index (χ3v) is 2.28. The molecule has 0 heterocycles. The summed E-state index contributed by atoms with van der Waals surface area (Å²) in [6.07, 6.45) is 5.05. The van der Waals surface area contributed by atoms with Gasteiger partial charge in [0.2, 0.25) is 0 Å². The second kappa shape index (κ2) is 6.12. The van der Waals surface area contributed by atoms with Gasteiger partial charge in [-0.2, -0.15) is 0 Å². The minimum Gasteiger partial charge on any atom is -0.479 e. The van der Waals surface area contributed by atoms with Crippen molar-refractivity contribution in [3.63, 3.8) is 0 Å². The molecule has 0 aromatic heterocycles. The van der Waals surface area contributed by atoms with Crippen molar-refractivity contribution in [2.45, 2.75) is 0 Å². The molecule has 0 aliphatic carbocycles. The van der Waals surface area contributed by atoms with Gasteiger partial charge in [0, 0.05) is 20.2 Å². The number of rotatable bonds is 3. The molecular formula is C12H12ClFN2O2.